The van der Waals surface area contributed by atoms with E-state index in [1.54, 1.807) is 0 Å². The summed E-state index contributed by atoms with van der Waals surface area (Å²) in [6.07, 6.45) is 0.0653. The molecule has 0 fully saturated rings. The van der Waals surface area contributed by atoms with Gasteiger partial charge >= 0.3 is 0 Å². The molecule has 0 saturated carbocycles. The van der Waals surface area contributed by atoms with Gasteiger partial charge in [-0.3, -0.25) is 0 Å². The highest BCUT2D eigenvalue weighted by Crippen LogP contribution is 2.23. The quantitative estimate of drug-likeness (QED) is 0.704. The van der Waals surface area contributed by atoms with Gasteiger partial charge in [0.25, 0.3) is 0 Å². The molecule has 0 amide bonds. The average Bonchev–Trinajstić information content (AvgIpc) is 2.63. The van der Waals surface area contributed by atoms with E-state index >= 15 is 0 Å². The molecule has 2 nitrogen and oxygen atoms in total. The molecule has 122 valence electrons. The first-order valence-corrected chi connectivity index (χ1v) is 8.21. The molecule has 3 aromatic carbocycles. The smallest absolute Gasteiger partial charge is 0.120 e. The third-order valence-electron chi connectivity index (χ3n) is 4.04. The summed E-state index contributed by atoms with van der Waals surface area (Å²) >= 11 is 0. The van der Waals surface area contributed by atoms with E-state index in [0.29, 0.717) is 13.0 Å². The number of benzene rings is 3. The Balaban J connectivity index is 1.64. The summed E-state index contributed by atoms with van der Waals surface area (Å²) in [6, 6.07) is 26.0. The fourth-order valence-electron chi connectivity index (χ4n) is 2.62. The van der Waals surface area contributed by atoms with Gasteiger partial charge in [-0.1, -0.05) is 72.3 Å². The Bertz CT molecular complexity index is 763. The van der Waals surface area contributed by atoms with Crippen LogP contribution in [0.4, 0.5) is 0 Å². The van der Waals surface area contributed by atoms with Crippen molar-refractivity contribution in [1.29, 1.82) is 0 Å². The molecule has 3 rings (SSSR count). The number of aliphatic hydroxyl groups excluding tert-OH is 1. The van der Waals surface area contributed by atoms with Crippen LogP contribution in [-0.4, -0.2) is 5.11 Å². The van der Waals surface area contributed by atoms with E-state index in [2.05, 4.69) is 31.2 Å². The molecule has 0 saturated heterocycles. The highest BCUT2D eigenvalue weighted by molar-refractivity contribution is 5.32. The molecular formula is C22H22O2. The number of aryl methyl sites for hydroxylation is 1. The first-order chi connectivity index (χ1) is 11.7. The van der Waals surface area contributed by atoms with Crippen LogP contribution >= 0.6 is 0 Å². The van der Waals surface area contributed by atoms with E-state index in [9.17, 15) is 5.11 Å². The molecule has 1 N–H and O–H groups in total. The SMILES string of the molecule is Cc1ccc(CC(O)c2cccc(OCc3ccccc3)c2)cc1. The summed E-state index contributed by atoms with van der Waals surface area (Å²) in [7, 11) is 0. The minimum atomic E-state index is -0.534. The molecule has 1 atom stereocenters. The van der Waals surface area contributed by atoms with Crippen molar-refractivity contribution in [1.82, 2.24) is 0 Å². The zero-order chi connectivity index (χ0) is 16.8. The Morgan fingerprint density at radius 1 is 0.833 bits per heavy atom. The lowest BCUT2D eigenvalue weighted by Crippen LogP contribution is -2.03. The molecule has 0 spiro atoms. The second-order valence-electron chi connectivity index (χ2n) is 6.05. The van der Waals surface area contributed by atoms with Crippen molar-refractivity contribution in [2.45, 2.75) is 26.1 Å². The van der Waals surface area contributed by atoms with Crippen molar-refractivity contribution in [2.75, 3.05) is 0 Å². The maximum Gasteiger partial charge on any atom is 0.120 e. The van der Waals surface area contributed by atoms with Gasteiger partial charge in [-0.05, 0) is 35.7 Å². The molecular weight excluding hydrogens is 296 g/mol. The zero-order valence-electron chi connectivity index (χ0n) is 13.9. The minimum Gasteiger partial charge on any atom is -0.489 e. The van der Waals surface area contributed by atoms with Gasteiger partial charge in [0.2, 0.25) is 0 Å². The normalized spacial score (nSPS) is 11.9. The van der Waals surface area contributed by atoms with E-state index in [1.807, 2.05) is 54.6 Å². The van der Waals surface area contributed by atoms with Crippen LogP contribution in [0.1, 0.15) is 28.4 Å². The number of rotatable bonds is 6. The average molecular weight is 318 g/mol. The van der Waals surface area contributed by atoms with Crippen molar-refractivity contribution >= 4 is 0 Å². The molecule has 3 aromatic rings. The van der Waals surface area contributed by atoms with Gasteiger partial charge in [0, 0.05) is 6.42 Å². The van der Waals surface area contributed by atoms with Gasteiger partial charge in [-0.2, -0.15) is 0 Å². The van der Waals surface area contributed by atoms with Crippen LogP contribution in [0, 0.1) is 6.92 Å². The molecule has 2 heteroatoms. The number of ether oxygens (including phenoxy) is 1. The van der Waals surface area contributed by atoms with Gasteiger partial charge < -0.3 is 9.84 Å². The van der Waals surface area contributed by atoms with Gasteiger partial charge in [0.15, 0.2) is 0 Å². The predicted octanol–water partition coefficient (Wildman–Crippen LogP) is 4.85. The first-order valence-electron chi connectivity index (χ1n) is 8.21. The summed E-state index contributed by atoms with van der Waals surface area (Å²) in [4.78, 5) is 0. The Kier molecular flexibility index (Phi) is 5.29. The third-order valence-corrected chi connectivity index (χ3v) is 4.04. The van der Waals surface area contributed by atoms with Crippen LogP contribution < -0.4 is 4.74 Å². The molecule has 0 aromatic heterocycles. The predicted molar refractivity (Wildman–Crippen MR) is 97.1 cm³/mol. The Morgan fingerprint density at radius 3 is 2.33 bits per heavy atom. The van der Waals surface area contributed by atoms with Crippen LogP contribution in [-0.2, 0) is 13.0 Å². The second kappa shape index (κ2) is 7.80. The van der Waals surface area contributed by atoms with E-state index < -0.39 is 6.10 Å². The van der Waals surface area contributed by atoms with Crippen LogP contribution in [0.5, 0.6) is 5.75 Å². The standard InChI is InChI=1S/C22H22O2/c1-17-10-12-18(13-11-17)14-22(23)20-8-5-9-21(15-20)24-16-19-6-3-2-4-7-19/h2-13,15,22-23H,14,16H2,1H3. The highest BCUT2D eigenvalue weighted by atomic mass is 16.5. The fourth-order valence-corrected chi connectivity index (χ4v) is 2.62. The summed E-state index contributed by atoms with van der Waals surface area (Å²) in [6.45, 7) is 2.59. The molecule has 0 bridgehead atoms. The fraction of sp³-hybridized carbons (Fsp3) is 0.182. The van der Waals surface area contributed by atoms with E-state index in [4.69, 9.17) is 4.74 Å². The number of hydrogen-bond donors (Lipinski definition) is 1. The largest absolute Gasteiger partial charge is 0.489 e. The van der Waals surface area contributed by atoms with Gasteiger partial charge in [-0.15, -0.1) is 0 Å². The monoisotopic (exact) mass is 318 g/mol. The van der Waals surface area contributed by atoms with Crippen molar-refractivity contribution in [3.63, 3.8) is 0 Å². The molecule has 0 radical (unpaired) electrons. The molecule has 24 heavy (non-hydrogen) atoms. The van der Waals surface area contributed by atoms with Gasteiger partial charge in [0.1, 0.15) is 12.4 Å². The van der Waals surface area contributed by atoms with Crippen LogP contribution in [0.25, 0.3) is 0 Å². The summed E-state index contributed by atoms with van der Waals surface area (Å²) in [5, 5.41) is 10.5. The molecule has 0 aliphatic heterocycles. The lowest BCUT2D eigenvalue weighted by Gasteiger charge is -2.13. The first kappa shape index (κ1) is 16.3. The third kappa shape index (κ3) is 4.46. The van der Waals surface area contributed by atoms with Crippen LogP contribution in [0.2, 0.25) is 0 Å². The topological polar surface area (TPSA) is 29.5 Å². The lowest BCUT2D eigenvalue weighted by atomic mass is 10.0. The summed E-state index contributed by atoms with van der Waals surface area (Å²) in [5.74, 6) is 0.777. The van der Waals surface area contributed by atoms with Crippen molar-refractivity contribution in [3.8, 4) is 5.75 Å². The van der Waals surface area contributed by atoms with E-state index in [-0.39, 0.29) is 0 Å². The number of hydrogen-bond acceptors (Lipinski definition) is 2. The van der Waals surface area contributed by atoms with Gasteiger partial charge in [-0.25, -0.2) is 0 Å². The summed E-state index contributed by atoms with van der Waals surface area (Å²) in [5.41, 5.74) is 4.36. The lowest BCUT2D eigenvalue weighted by molar-refractivity contribution is 0.177. The molecule has 0 heterocycles. The molecule has 0 aliphatic carbocycles. The zero-order valence-corrected chi connectivity index (χ0v) is 13.9. The van der Waals surface area contributed by atoms with E-state index in [1.165, 1.54) is 5.56 Å². The maximum absolute atomic E-state index is 10.5. The molecule has 0 aliphatic rings. The second-order valence-corrected chi connectivity index (χ2v) is 6.05. The Morgan fingerprint density at radius 2 is 1.58 bits per heavy atom. The van der Waals surface area contributed by atoms with Crippen LogP contribution in [0.15, 0.2) is 78.9 Å². The van der Waals surface area contributed by atoms with Gasteiger partial charge in [0.05, 0.1) is 6.10 Å². The van der Waals surface area contributed by atoms with Crippen molar-refractivity contribution in [2.24, 2.45) is 0 Å². The minimum absolute atomic E-state index is 0.526. The van der Waals surface area contributed by atoms with Crippen molar-refractivity contribution in [3.05, 3.63) is 101 Å². The molecule has 1 unspecified atom stereocenters. The Hall–Kier alpha value is -2.58. The summed E-state index contributed by atoms with van der Waals surface area (Å²) < 4.78 is 5.84. The highest BCUT2D eigenvalue weighted by Gasteiger charge is 2.09. The number of aliphatic hydroxyl groups is 1. The van der Waals surface area contributed by atoms with E-state index in [0.717, 1.165) is 22.4 Å². The Labute approximate surface area is 143 Å². The van der Waals surface area contributed by atoms with Crippen molar-refractivity contribution < 1.29 is 9.84 Å². The maximum atomic E-state index is 10.5. The van der Waals surface area contributed by atoms with Crippen LogP contribution in [0.3, 0.4) is 0 Å².